The lowest BCUT2D eigenvalue weighted by atomic mass is 10.1. The van der Waals surface area contributed by atoms with E-state index in [1.807, 2.05) is 6.92 Å². The molecule has 4 heteroatoms. The Morgan fingerprint density at radius 1 is 1.56 bits per heavy atom. The highest BCUT2D eigenvalue weighted by Gasteiger charge is 2.15. The number of carbonyl (C=O) groups excluding carboxylic acids is 1. The molecule has 0 amide bonds. The Labute approximate surface area is 103 Å². The van der Waals surface area contributed by atoms with E-state index >= 15 is 0 Å². The second-order valence-electron chi connectivity index (χ2n) is 3.48. The first-order valence-electron chi connectivity index (χ1n) is 5.12. The maximum Gasteiger partial charge on any atom is 0.165 e. The van der Waals surface area contributed by atoms with Gasteiger partial charge < -0.3 is 4.74 Å². The fourth-order valence-electron chi connectivity index (χ4n) is 1.35. The van der Waals surface area contributed by atoms with Crippen LogP contribution in [0.25, 0.3) is 0 Å². The molecule has 16 heavy (non-hydrogen) atoms. The molecule has 1 atom stereocenters. The normalized spacial score (nSPS) is 12.5. The average molecular weight is 289 g/mol. The monoisotopic (exact) mass is 288 g/mol. The van der Waals surface area contributed by atoms with Crippen molar-refractivity contribution < 1.29 is 13.9 Å². The quantitative estimate of drug-likeness (QED) is 0.832. The fraction of sp³-hybridized carbons (Fsp3) is 0.417. The molecule has 1 rings (SSSR count). The predicted molar refractivity (Wildman–Crippen MR) is 63.9 cm³/mol. The first kappa shape index (κ1) is 13.3. The molecule has 0 spiro atoms. The van der Waals surface area contributed by atoms with E-state index in [0.29, 0.717) is 12.2 Å². The largest absolute Gasteiger partial charge is 0.371 e. The van der Waals surface area contributed by atoms with Crippen molar-refractivity contribution >= 4 is 21.7 Å². The van der Waals surface area contributed by atoms with E-state index in [0.717, 1.165) is 4.47 Å². The van der Waals surface area contributed by atoms with E-state index in [1.165, 1.54) is 12.1 Å². The first-order chi connectivity index (χ1) is 7.54. The zero-order valence-electron chi connectivity index (χ0n) is 9.30. The van der Waals surface area contributed by atoms with Gasteiger partial charge in [-0.2, -0.15) is 0 Å². The van der Waals surface area contributed by atoms with E-state index in [9.17, 15) is 9.18 Å². The highest BCUT2D eigenvalue weighted by Crippen LogP contribution is 2.19. The van der Waals surface area contributed by atoms with E-state index in [-0.39, 0.29) is 18.0 Å². The number of ether oxygens (including phenoxy) is 1. The zero-order chi connectivity index (χ0) is 12.1. The molecule has 0 heterocycles. The van der Waals surface area contributed by atoms with Gasteiger partial charge in [0.05, 0.1) is 0 Å². The number of rotatable bonds is 5. The van der Waals surface area contributed by atoms with Gasteiger partial charge in [-0.1, -0.05) is 15.9 Å². The minimum Gasteiger partial charge on any atom is -0.371 e. The summed E-state index contributed by atoms with van der Waals surface area (Å²) in [6, 6.07) is 4.31. The molecule has 1 aromatic rings. The van der Waals surface area contributed by atoms with Crippen molar-refractivity contribution in [2.45, 2.75) is 26.4 Å². The molecular weight excluding hydrogens is 275 g/mol. The molecule has 0 saturated carbocycles. The van der Waals surface area contributed by atoms with E-state index in [4.69, 9.17) is 4.74 Å². The average Bonchev–Trinajstić information content (AvgIpc) is 2.23. The van der Waals surface area contributed by atoms with Crippen LogP contribution in [0.3, 0.4) is 0 Å². The summed E-state index contributed by atoms with van der Waals surface area (Å²) < 4.78 is 18.9. The molecule has 0 radical (unpaired) electrons. The van der Waals surface area contributed by atoms with Gasteiger partial charge in [-0.15, -0.1) is 0 Å². The molecule has 0 N–H and O–H groups in total. The van der Waals surface area contributed by atoms with Crippen molar-refractivity contribution in [3.05, 3.63) is 34.1 Å². The van der Waals surface area contributed by atoms with Gasteiger partial charge >= 0.3 is 0 Å². The van der Waals surface area contributed by atoms with Crippen LogP contribution >= 0.6 is 15.9 Å². The van der Waals surface area contributed by atoms with Gasteiger partial charge in [0.15, 0.2) is 5.78 Å². The van der Waals surface area contributed by atoms with Crippen LogP contribution in [0.1, 0.15) is 19.4 Å². The van der Waals surface area contributed by atoms with Crippen LogP contribution in [0.2, 0.25) is 0 Å². The molecule has 0 bridgehead atoms. The zero-order valence-corrected chi connectivity index (χ0v) is 10.9. The van der Waals surface area contributed by atoms with E-state index in [1.54, 1.807) is 13.0 Å². The highest BCUT2D eigenvalue weighted by molar-refractivity contribution is 9.10. The smallest absolute Gasteiger partial charge is 0.165 e. The van der Waals surface area contributed by atoms with Gasteiger partial charge in [-0.3, -0.25) is 4.79 Å². The van der Waals surface area contributed by atoms with Crippen molar-refractivity contribution in [1.82, 2.24) is 0 Å². The van der Waals surface area contributed by atoms with Crippen LogP contribution < -0.4 is 0 Å². The summed E-state index contributed by atoms with van der Waals surface area (Å²) in [7, 11) is 0. The molecule has 0 aliphatic heterocycles. The maximum atomic E-state index is 13.0. The van der Waals surface area contributed by atoms with Gasteiger partial charge in [-0.05, 0) is 37.6 Å². The predicted octanol–water partition coefficient (Wildman–Crippen LogP) is 3.12. The summed E-state index contributed by atoms with van der Waals surface area (Å²) in [5.74, 6) is -0.386. The van der Waals surface area contributed by atoms with Crippen molar-refractivity contribution in [1.29, 1.82) is 0 Å². The summed E-state index contributed by atoms with van der Waals surface area (Å²) >= 11 is 3.29. The number of hydrogen-bond acceptors (Lipinski definition) is 2. The van der Waals surface area contributed by atoms with Crippen molar-refractivity contribution in [2.24, 2.45) is 0 Å². The van der Waals surface area contributed by atoms with Gasteiger partial charge in [0.1, 0.15) is 11.9 Å². The number of hydrogen-bond donors (Lipinski definition) is 0. The molecule has 0 aromatic heterocycles. The Kier molecular flexibility index (Phi) is 5.09. The molecule has 0 aliphatic carbocycles. The second kappa shape index (κ2) is 6.11. The Bertz CT molecular complexity index is 379. The second-order valence-corrected chi connectivity index (χ2v) is 4.33. The number of ketones is 1. The summed E-state index contributed by atoms with van der Waals surface area (Å²) in [4.78, 5) is 11.7. The Balaban J connectivity index is 2.72. The molecule has 0 fully saturated rings. The summed E-state index contributed by atoms with van der Waals surface area (Å²) in [6.07, 6.45) is -0.264. The lowest BCUT2D eigenvalue weighted by Gasteiger charge is -2.11. The van der Waals surface area contributed by atoms with E-state index < -0.39 is 6.10 Å². The van der Waals surface area contributed by atoms with Crippen LogP contribution in [0.15, 0.2) is 22.7 Å². The first-order valence-corrected chi connectivity index (χ1v) is 5.92. The number of halogens is 2. The third-order valence-electron chi connectivity index (χ3n) is 2.24. The number of Topliss-reactive ketones (excluding diaryl/α,β-unsaturated/α-hetero) is 1. The lowest BCUT2D eigenvalue weighted by molar-refractivity contribution is -0.128. The Hall–Kier alpha value is -0.740. The Morgan fingerprint density at radius 2 is 2.25 bits per heavy atom. The molecule has 0 saturated heterocycles. The van der Waals surface area contributed by atoms with Crippen LogP contribution in [0, 0.1) is 5.82 Å². The van der Waals surface area contributed by atoms with Gasteiger partial charge in [0.25, 0.3) is 0 Å². The van der Waals surface area contributed by atoms with Crippen LogP contribution in [0.5, 0.6) is 0 Å². The fourth-order valence-corrected chi connectivity index (χ4v) is 1.74. The van der Waals surface area contributed by atoms with E-state index in [2.05, 4.69) is 15.9 Å². The van der Waals surface area contributed by atoms with Gasteiger partial charge in [-0.25, -0.2) is 4.39 Å². The minimum atomic E-state index is -0.444. The summed E-state index contributed by atoms with van der Waals surface area (Å²) in [6.45, 7) is 4.04. The maximum absolute atomic E-state index is 13.0. The molecule has 0 aliphatic rings. The lowest BCUT2D eigenvalue weighted by Crippen LogP contribution is -2.22. The van der Waals surface area contributed by atoms with Crippen LogP contribution in [-0.2, 0) is 16.0 Å². The molecule has 2 nitrogen and oxygen atoms in total. The summed E-state index contributed by atoms with van der Waals surface area (Å²) in [5.41, 5.74) is 0.650. The topological polar surface area (TPSA) is 26.3 Å². The highest BCUT2D eigenvalue weighted by atomic mass is 79.9. The standard InChI is InChI=1S/C12H14BrFO2/c1-3-16-8(2)12(15)7-9-6-10(14)4-5-11(9)13/h4-6,8H,3,7H2,1-2H3. The van der Waals surface area contributed by atoms with Crippen LogP contribution in [-0.4, -0.2) is 18.5 Å². The Morgan fingerprint density at radius 3 is 2.88 bits per heavy atom. The van der Waals surface area contributed by atoms with Crippen molar-refractivity contribution in [3.8, 4) is 0 Å². The number of benzene rings is 1. The molecular formula is C12H14BrFO2. The van der Waals surface area contributed by atoms with Gasteiger partial charge in [0.2, 0.25) is 0 Å². The molecule has 1 unspecified atom stereocenters. The third-order valence-corrected chi connectivity index (χ3v) is 3.02. The molecule has 88 valence electrons. The van der Waals surface area contributed by atoms with Crippen molar-refractivity contribution in [2.75, 3.05) is 6.61 Å². The van der Waals surface area contributed by atoms with Gasteiger partial charge in [0, 0.05) is 17.5 Å². The SMILES string of the molecule is CCOC(C)C(=O)Cc1cc(F)ccc1Br. The van der Waals surface area contributed by atoms with Crippen LogP contribution in [0.4, 0.5) is 4.39 Å². The minimum absolute atomic E-state index is 0.0480. The number of carbonyl (C=O) groups is 1. The third kappa shape index (κ3) is 3.68. The molecule has 1 aromatic carbocycles. The van der Waals surface area contributed by atoms with Crippen molar-refractivity contribution in [3.63, 3.8) is 0 Å². The summed E-state index contributed by atoms with van der Waals surface area (Å²) in [5, 5.41) is 0.